The zero-order valence-corrected chi connectivity index (χ0v) is 16.4. The van der Waals surface area contributed by atoms with E-state index in [2.05, 4.69) is 41.3 Å². The standard InChI is InChI=1S/C21H30N4O/c1-15(13-25-18(4)16(2)17(3)23-25)21(26)22-20-9-7-8-19(12-20)14-24-10-5-6-11-24/h7-9,12,15H,5-6,10-11,13-14H2,1-4H3,(H,22,26)/t15-/m0/s1. The fourth-order valence-corrected chi connectivity index (χ4v) is 3.52. The number of rotatable bonds is 6. The summed E-state index contributed by atoms with van der Waals surface area (Å²) in [7, 11) is 0. The number of benzene rings is 1. The van der Waals surface area contributed by atoms with Crippen molar-refractivity contribution in [2.75, 3.05) is 18.4 Å². The van der Waals surface area contributed by atoms with Gasteiger partial charge in [-0.05, 0) is 70.0 Å². The van der Waals surface area contributed by atoms with Crippen LogP contribution in [0.2, 0.25) is 0 Å². The highest BCUT2D eigenvalue weighted by Gasteiger charge is 2.17. The van der Waals surface area contributed by atoms with Crippen LogP contribution in [0.5, 0.6) is 0 Å². The Hall–Kier alpha value is -2.14. The van der Waals surface area contributed by atoms with Gasteiger partial charge in [0.05, 0.1) is 18.2 Å². The summed E-state index contributed by atoms with van der Waals surface area (Å²) in [6.45, 7) is 12.0. The van der Waals surface area contributed by atoms with Gasteiger partial charge in [0.2, 0.25) is 5.91 Å². The number of nitrogens with one attached hydrogen (secondary N) is 1. The van der Waals surface area contributed by atoms with Gasteiger partial charge in [-0.3, -0.25) is 14.4 Å². The van der Waals surface area contributed by atoms with Crippen LogP contribution in [0, 0.1) is 26.7 Å². The summed E-state index contributed by atoms with van der Waals surface area (Å²) in [6.07, 6.45) is 2.58. The van der Waals surface area contributed by atoms with Crippen molar-refractivity contribution in [3.63, 3.8) is 0 Å². The van der Waals surface area contributed by atoms with Crippen LogP contribution < -0.4 is 5.32 Å². The molecule has 2 aromatic rings. The van der Waals surface area contributed by atoms with E-state index in [-0.39, 0.29) is 11.8 Å². The Morgan fingerprint density at radius 1 is 1.23 bits per heavy atom. The molecule has 1 aromatic carbocycles. The minimum atomic E-state index is -0.144. The van der Waals surface area contributed by atoms with Crippen LogP contribution in [0.4, 0.5) is 5.69 Å². The van der Waals surface area contributed by atoms with Crippen LogP contribution in [0.25, 0.3) is 0 Å². The summed E-state index contributed by atoms with van der Waals surface area (Å²) >= 11 is 0. The first kappa shape index (κ1) is 18.6. The maximum atomic E-state index is 12.6. The average molecular weight is 354 g/mol. The zero-order valence-electron chi connectivity index (χ0n) is 16.4. The van der Waals surface area contributed by atoms with Gasteiger partial charge < -0.3 is 5.32 Å². The van der Waals surface area contributed by atoms with E-state index in [1.54, 1.807) is 0 Å². The second-order valence-electron chi connectivity index (χ2n) is 7.55. The summed E-state index contributed by atoms with van der Waals surface area (Å²) in [4.78, 5) is 15.1. The van der Waals surface area contributed by atoms with Crippen molar-refractivity contribution in [2.45, 2.75) is 53.6 Å². The molecule has 3 rings (SSSR count). The lowest BCUT2D eigenvalue weighted by Crippen LogP contribution is -2.25. The van der Waals surface area contributed by atoms with Crippen molar-refractivity contribution in [3.05, 3.63) is 46.8 Å². The molecular weight excluding hydrogens is 324 g/mol. The fraction of sp³-hybridized carbons (Fsp3) is 0.524. The van der Waals surface area contributed by atoms with Crippen molar-refractivity contribution in [1.29, 1.82) is 0 Å². The van der Waals surface area contributed by atoms with Crippen LogP contribution in [0.3, 0.4) is 0 Å². The molecular formula is C21H30N4O. The first-order chi connectivity index (χ1) is 12.4. The summed E-state index contributed by atoms with van der Waals surface area (Å²) in [5, 5.41) is 7.61. The van der Waals surface area contributed by atoms with Gasteiger partial charge >= 0.3 is 0 Å². The molecule has 1 aromatic heterocycles. The van der Waals surface area contributed by atoms with E-state index in [0.29, 0.717) is 6.54 Å². The number of anilines is 1. The van der Waals surface area contributed by atoms with E-state index in [1.807, 2.05) is 30.7 Å². The van der Waals surface area contributed by atoms with Gasteiger partial charge in [0.15, 0.2) is 0 Å². The highest BCUT2D eigenvalue weighted by atomic mass is 16.1. The lowest BCUT2D eigenvalue weighted by Gasteiger charge is -2.16. The number of hydrogen-bond acceptors (Lipinski definition) is 3. The van der Waals surface area contributed by atoms with E-state index in [1.165, 1.54) is 37.1 Å². The average Bonchev–Trinajstić information content (AvgIpc) is 3.20. The Balaban J connectivity index is 1.60. The van der Waals surface area contributed by atoms with Crippen molar-refractivity contribution >= 4 is 11.6 Å². The number of amides is 1. The van der Waals surface area contributed by atoms with E-state index in [9.17, 15) is 4.79 Å². The Morgan fingerprint density at radius 3 is 2.62 bits per heavy atom. The molecule has 0 spiro atoms. The van der Waals surface area contributed by atoms with Gasteiger partial charge in [0.1, 0.15) is 0 Å². The van der Waals surface area contributed by atoms with Crippen LogP contribution >= 0.6 is 0 Å². The minimum absolute atomic E-state index is 0.0357. The first-order valence-electron chi connectivity index (χ1n) is 9.57. The van der Waals surface area contributed by atoms with Crippen LogP contribution in [0.1, 0.15) is 42.3 Å². The van der Waals surface area contributed by atoms with Crippen molar-refractivity contribution in [1.82, 2.24) is 14.7 Å². The number of hydrogen-bond donors (Lipinski definition) is 1. The SMILES string of the molecule is Cc1nn(C[C@H](C)C(=O)Nc2cccc(CN3CCCC3)c2)c(C)c1C. The predicted molar refractivity (Wildman–Crippen MR) is 105 cm³/mol. The van der Waals surface area contributed by atoms with E-state index < -0.39 is 0 Å². The molecule has 1 amide bonds. The van der Waals surface area contributed by atoms with Crippen molar-refractivity contribution < 1.29 is 4.79 Å². The third-order valence-electron chi connectivity index (χ3n) is 5.44. The van der Waals surface area contributed by atoms with Crippen LogP contribution in [-0.4, -0.2) is 33.7 Å². The lowest BCUT2D eigenvalue weighted by atomic mass is 10.1. The van der Waals surface area contributed by atoms with E-state index in [4.69, 9.17) is 0 Å². The molecule has 26 heavy (non-hydrogen) atoms. The second-order valence-corrected chi connectivity index (χ2v) is 7.55. The zero-order chi connectivity index (χ0) is 18.7. The van der Waals surface area contributed by atoms with Crippen LogP contribution in [-0.2, 0) is 17.9 Å². The molecule has 1 aliphatic rings. The Labute approximate surface area is 156 Å². The number of carbonyl (C=O) groups excluding carboxylic acids is 1. The van der Waals surface area contributed by atoms with Crippen molar-refractivity contribution in [3.8, 4) is 0 Å². The van der Waals surface area contributed by atoms with E-state index in [0.717, 1.165) is 23.6 Å². The largest absolute Gasteiger partial charge is 0.326 e. The third kappa shape index (κ3) is 4.33. The minimum Gasteiger partial charge on any atom is -0.326 e. The maximum Gasteiger partial charge on any atom is 0.229 e. The number of aromatic nitrogens is 2. The molecule has 0 unspecified atom stereocenters. The molecule has 0 bridgehead atoms. The molecule has 1 saturated heterocycles. The molecule has 1 atom stereocenters. The van der Waals surface area contributed by atoms with Crippen molar-refractivity contribution in [2.24, 2.45) is 5.92 Å². The Morgan fingerprint density at radius 2 is 1.96 bits per heavy atom. The summed E-state index contributed by atoms with van der Waals surface area (Å²) in [6, 6.07) is 8.22. The first-order valence-corrected chi connectivity index (χ1v) is 9.57. The lowest BCUT2D eigenvalue weighted by molar-refractivity contribution is -0.119. The Bertz CT molecular complexity index is 774. The monoisotopic (exact) mass is 354 g/mol. The summed E-state index contributed by atoms with van der Waals surface area (Å²) < 4.78 is 1.94. The molecule has 1 N–H and O–H groups in total. The number of nitrogens with zero attached hydrogens (tertiary/aromatic N) is 3. The van der Waals surface area contributed by atoms with Gasteiger partial charge in [-0.2, -0.15) is 5.10 Å². The molecule has 5 nitrogen and oxygen atoms in total. The molecule has 5 heteroatoms. The number of likely N-dealkylation sites (tertiary alicyclic amines) is 1. The molecule has 140 valence electrons. The molecule has 1 aliphatic heterocycles. The molecule has 0 saturated carbocycles. The molecule has 1 fully saturated rings. The van der Waals surface area contributed by atoms with Gasteiger partial charge in [0.25, 0.3) is 0 Å². The fourth-order valence-electron chi connectivity index (χ4n) is 3.52. The van der Waals surface area contributed by atoms with Gasteiger partial charge in [0, 0.05) is 17.9 Å². The quantitative estimate of drug-likeness (QED) is 0.861. The highest BCUT2D eigenvalue weighted by molar-refractivity contribution is 5.92. The summed E-state index contributed by atoms with van der Waals surface area (Å²) in [5.41, 5.74) is 5.50. The predicted octanol–water partition coefficient (Wildman–Crippen LogP) is 3.68. The number of aryl methyl sites for hydroxylation is 1. The van der Waals surface area contributed by atoms with Gasteiger partial charge in [-0.1, -0.05) is 19.1 Å². The molecule has 0 aliphatic carbocycles. The third-order valence-corrected chi connectivity index (χ3v) is 5.44. The Kier molecular flexibility index (Phi) is 5.77. The smallest absolute Gasteiger partial charge is 0.229 e. The van der Waals surface area contributed by atoms with Gasteiger partial charge in [-0.15, -0.1) is 0 Å². The second kappa shape index (κ2) is 8.04. The molecule has 0 radical (unpaired) electrons. The normalized spacial score (nSPS) is 16.0. The number of carbonyl (C=O) groups is 1. The maximum absolute atomic E-state index is 12.6. The molecule has 2 heterocycles. The topological polar surface area (TPSA) is 50.2 Å². The summed E-state index contributed by atoms with van der Waals surface area (Å²) in [5.74, 6) is -0.108. The van der Waals surface area contributed by atoms with E-state index >= 15 is 0 Å². The van der Waals surface area contributed by atoms with Gasteiger partial charge in [-0.25, -0.2) is 0 Å². The van der Waals surface area contributed by atoms with Crippen LogP contribution in [0.15, 0.2) is 24.3 Å². The highest BCUT2D eigenvalue weighted by Crippen LogP contribution is 2.18.